The molecule has 0 radical (unpaired) electrons. The molecular formula is C16H13ClN4O. The average molecular weight is 313 g/mol. The molecule has 0 spiro atoms. The summed E-state index contributed by atoms with van der Waals surface area (Å²) in [4.78, 5) is 23.8. The van der Waals surface area contributed by atoms with Crippen LogP contribution in [0, 0.1) is 0 Å². The van der Waals surface area contributed by atoms with Gasteiger partial charge in [-0.2, -0.15) is 0 Å². The van der Waals surface area contributed by atoms with Crippen molar-refractivity contribution in [3.8, 4) is 11.3 Å². The number of nitrogens with two attached hydrogens (primary N) is 1. The maximum Gasteiger partial charge on any atom is 0.275 e. The van der Waals surface area contributed by atoms with E-state index in [2.05, 4.69) is 15.0 Å². The first-order valence-corrected chi connectivity index (χ1v) is 7.20. The molecule has 0 aliphatic heterocycles. The summed E-state index contributed by atoms with van der Waals surface area (Å²) in [5.41, 5.74) is 8.30. The lowest BCUT2D eigenvalue weighted by molar-refractivity contribution is 1.22. The minimum atomic E-state index is -0.272. The van der Waals surface area contributed by atoms with Gasteiger partial charge in [0.15, 0.2) is 0 Å². The second-order valence-corrected chi connectivity index (χ2v) is 4.95. The van der Waals surface area contributed by atoms with Crippen LogP contribution in [0.2, 0.25) is 0 Å². The molecular weight excluding hydrogens is 300 g/mol. The highest BCUT2D eigenvalue weighted by Gasteiger charge is 2.11. The highest BCUT2D eigenvalue weighted by molar-refractivity contribution is 6.28. The van der Waals surface area contributed by atoms with E-state index < -0.39 is 0 Å². The molecule has 3 N–H and O–H groups in total. The van der Waals surface area contributed by atoms with Crippen molar-refractivity contribution in [2.24, 2.45) is 10.7 Å². The van der Waals surface area contributed by atoms with E-state index in [1.807, 2.05) is 36.4 Å². The number of rotatable bonds is 3. The Balaban J connectivity index is 2.24. The fourth-order valence-corrected chi connectivity index (χ4v) is 2.23. The zero-order valence-electron chi connectivity index (χ0n) is 11.6. The van der Waals surface area contributed by atoms with Crippen LogP contribution in [0.15, 0.2) is 58.3 Å². The van der Waals surface area contributed by atoms with Crippen LogP contribution in [-0.2, 0) is 0 Å². The van der Waals surface area contributed by atoms with Crippen molar-refractivity contribution in [1.82, 2.24) is 9.97 Å². The number of aliphatic imine (C=N–C) groups is 1. The van der Waals surface area contributed by atoms with E-state index in [1.165, 1.54) is 0 Å². The monoisotopic (exact) mass is 312 g/mol. The van der Waals surface area contributed by atoms with Crippen LogP contribution in [0.25, 0.3) is 22.3 Å². The predicted molar refractivity (Wildman–Crippen MR) is 89.8 cm³/mol. The number of amidine groups is 1. The number of para-hydroxylation sites is 3. The van der Waals surface area contributed by atoms with Gasteiger partial charge in [0.1, 0.15) is 11.5 Å². The summed E-state index contributed by atoms with van der Waals surface area (Å²) in [6.07, 6.45) is 0. The summed E-state index contributed by atoms with van der Waals surface area (Å²) in [6.45, 7) is 0. The molecule has 0 saturated carbocycles. The number of aromatic amines is 1. The van der Waals surface area contributed by atoms with Gasteiger partial charge in [-0.3, -0.25) is 4.79 Å². The number of nitrogens with one attached hydrogen (secondary N) is 1. The molecule has 3 aromatic rings. The maximum atomic E-state index is 12.3. The molecule has 110 valence electrons. The summed E-state index contributed by atoms with van der Waals surface area (Å²) >= 11 is 5.67. The van der Waals surface area contributed by atoms with Gasteiger partial charge in [-0.25, -0.2) is 9.98 Å². The first-order chi connectivity index (χ1) is 10.7. The highest BCUT2D eigenvalue weighted by Crippen LogP contribution is 2.27. The van der Waals surface area contributed by atoms with Gasteiger partial charge in [0.05, 0.1) is 22.6 Å². The van der Waals surface area contributed by atoms with Crippen LogP contribution in [0.5, 0.6) is 0 Å². The van der Waals surface area contributed by atoms with Gasteiger partial charge in [-0.1, -0.05) is 30.3 Å². The van der Waals surface area contributed by atoms with Crippen molar-refractivity contribution in [1.29, 1.82) is 0 Å². The summed E-state index contributed by atoms with van der Waals surface area (Å²) in [6, 6.07) is 14.6. The van der Waals surface area contributed by atoms with Gasteiger partial charge in [-0.15, -0.1) is 11.6 Å². The van der Waals surface area contributed by atoms with E-state index in [1.54, 1.807) is 12.1 Å². The fraction of sp³-hybridized carbons (Fsp3) is 0.0625. The molecule has 0 bridgehead atoms. The predicted octanol–water partition coefficient (Wildman–Crippen LogP) is 2.82. The lowest BCUT2D eigenvalue weighted by Gasteiger charge is -2.06. The van der Waals surface area contributed by atoms with Crippen molar-refractivity contribution in [2.75, 3.05) is 5.88 Å². The normalized spacial score (nSPS) is 11.8. The van der Waals surface area contributed by atoms with Gasteiger partial charge >= 0.3 is 0 Å². The van der Waals surface area contributed by atoms with Crippen molar-refractivity contribution < 1.29 is 0 Å². The number of fused-ring (bicyclic) bond motifs is 1. The molecule has 0 aliphatic rings. The largest absolute Gasteiger partial charge is 0.386 e. The van der Waals surface area contributed by atoms with Gasteiger partial charge in [-0.05, 0) is 18.2 Å². The number of halogens is 1. The van der Waals surface area contributed by atoms with Crippen molar-refractivity contribution in [3.63, 3.8) is 0 Å². The molecule has 2 aromatic carbocycles. The second kappa shape index (κ2) is 5.99. The third-order valence-electron chi connectivity index (χ3n) is 3.16. The molecule has 5 nitrogen and oxygen atoms in total. The number of hydrogen-bond donors (Lipinski definition) is 2. The Morgan fingerprint density at radius 2 is 1.91 bits per heavy atom. The molecule has 3 rings (SSSR count). The van der Waals surface area contributed by atoms with E-state index in [-0.39, 0.29) is 17.3 Å². The van der Waals surface area contributed by atoms with Crippen molar-refractivity contribution >= 4 is 34.2 Å². The Kier molecular flexibility index (Phi) is 3.89. The molecule has 0 fully saturated rings. The first kappa shape index (κ1) is 14.3. The molecule has 1 aromatic heterocycles. The average Bonchev–Trinajstić information content (AvgIpc) is 2.55. The molecule has 0 aliphatic carbocycles. The smallest absolute Gasteiger partial charge is 0.275 e. The Hall–Kier alpha value is -2.66. The van der Waals surface area contributed by atoms with Crippen LogP contribution in [-0.4, -0.2) is 21.7 Å². The summed E-state index contributed by atoms with van der Waals surface area (Å²) in [7, 11) is 0. The molecule has 0 unspecified atom stereocenters. The number of nitrogens with zero attached hydrogens (tertiary/aromatic N) is 2. The molecule has 0 saturated heterocycles. The molecule has 1 heterocycles. The lowest BCUT2D eigenvalue weighted by Crippen LogP contribution is -2.13. The van der Waals surface area contributed by atoms with Gasteiger partial charge < -0.3 is 10.7 Å². The molecule has 6 heteroatoms. The number of alkyl halides is 1. The zero-order valence-corrected chi connectivity index (χ0v) is 12.3. The third-order valence-corrected chi connectivity index (χ3v) is 3.43. The van der Waals surface area contributed by atoms with Crippen molar-refractivity contribution in [3.05, 3.63) is 58.9 Å². The van der Waals surface area contributed by atoms with Gasteiger partial charge in [0, 0.05) is 5.56 Å². The Labute approximate surface area is 131 Å². The van der Waals surface area contributed by atoms with E-state index >= 15 is 0 Å². The van der Waals surface area contributed by atoms with Crippen LogP contribution in [0.1, 0.15) is 0 Å². The highest BCUT2D eigenvalue weighted by atomic mass is 35.5. The maximum absolute atomic E-state index is 12.3. The fourth-order valence-electron chi connectivity index (χ4n) is 2.17. The summed E-state index contributed by atoms with van der Waals surface area (Å²) in [5, 5.41) is 0. The minimum absolute atomic E-state index is 0.121. The quantitative estimate of drug-likeness (QED) is 0.443. The topological polar surface area (TPSA) is 84.1 Å². The van der Waals surface area contributed by atoms with E-state index in [9.17, 15) is 4.79 Å². The standard InChI is InChI=1S/C16H13ClN4O/c17-9-14(18)19-11-6-2-1-5-10(11)15-16(22)21-13-8-4-3-7-12(13)20-15/h1-8H,9H2,(H2,18,19)(H,21,22). The SMILES string of the molecule is NC(CCl)=Nc1ccccc1-c1nc2ccccc2[nH]c1=O. The summed E-state index contributed by atoms with van der Waals surface area (Å²) < 4.78 is 0. The second-order valence-electron chi connectivity index (χ2n) is 4.69. The van der Waals surface area contributed by atoms with E-state index in [4.69, 9.17) is 17.3 Å². The van der Waals surface area contributed by atoms with Crippen LogP contribution in [0.3, 0.4) is 0 Å². The first-order valence-electron chi connectivity index (χ1n) is 6.66. The summed E-state index contributed by atoms with van der Waals surface area (Å²) in [5.74, 6) is 0.405. The Morgan fingerprint density at radius 1 is 1.18 bits per heavy atom. The van der Waals surface area contributed by atoms with E-state index in [0.717, 1.165) is 0 Å². The Bertz CT molecular complexity index is 917. The van der Waals surface area contributed by atoms with Gasteiger partial charge in [0.25, 0.3) is 5.56 Å². The minimum Gasteiger partial charge on any atom is -0.386 e. The molecule has 0 atom stereocenters. The van der Waals surface area contributed by atoms with Crippen LogP contribution in [0.4, 0.5) is 5.69 Å². The van der Waals surface area contributed by atoms with Crippen LogP contribution < -0.4 is 11.3 Å². The lowest BCUT2D eigenvalue weighted by atomic mass is 10.1. The van der Waals surface area contributed by atoms with E-state index in [0.29, 0.717) is 28.0 Å². The number of hydrogen-bond acceptors (Lipinski definition) is 3. The number of H-pyrrole nitrogens is 1. The third kappa shape index (κ3) is 2.71. The Morgan fingerprint density at radius 3 is 2.73 bits per heavy atom. The van der Waals surface area contributed by atoms with Crippen molar-refractivity contribution in [2.45, 2.75) is 0 Å². The number of aromatic nitrogens is 2. The zero-order chi connectivity index (χ0) is 15.5. The molecule has 0 amide bonds. The number of benzene rings is 2. The van der Waals surface area contributed by atoms with Crippen LogP contribution >= 0.6 is 11.6 Å². The molecule has 22 heavy (non-hydrogen) atoms. The van der Waals surface area contributed by atoms with Gasteiger partial charge in [0.2, 0.25) is 0 Å².